The molecule has 0 aromatic heterocycles. The van der Waals surface area contributed by atoms with Crippen molar-refractivity contribution < 1.29 is 33.3 Å². The van der Waals surface area contributed by atoms with Crippen molar-refractivity contribution in [1.29, 1.82) is 0 Å². The Hall–Kier alpha value is -3.20. The highest BCUT2D eigenvalue weighted by atomic mass is 31.2. The van der Waals surface area contributed by atoms with Gasteiger partial charge in [-0.15, -0.1) is 0 Å². The number of benzene rings is 2. The fourth-order valence-electron chi connectivity index (χ4n) is 5.80. The molecular weight excluding hydrogens is 617 g/mol. The molecule has 5 atom stereocenters. The van der Waals surface area contributed by atoms with Gasteiger partial charge in [-0.1, -0.05) is 114 Å². The van der Waals surface area contributed by atoms with Gasteiger partial charge in [0.15, 0.2) is 0 Å². The highest BCUT2D eigenvalue weighted by Crippen LogP contribution is 2.51. The molecule has 1 aliphatic carbocycles. The first kappa shape index (κ1) is 38.2. The predicted molar refractivity (Wildman–Crippen MR) is 184 cm³/mol. The van der Waals surface area contributed by atoms with E-state index < -0.39 is 43.5 Å². The zero-order valence-corrected chi connectivity index (χ0v) is 29.3. The number of aliphatic hydroxyl groups excluding tert-OH is 1. The fraction of sp³-hybridized carbons (Fsp3) is 0.583. The van der Waals surface area contributed by atoms with Crippen LogP contribution in [-0.4, -0.2) is 60.1 Å². The molecule has 47 heavy (non-hydrogen) atoms. The molecular formula is C36H54N3O7P. The number of rotatable bonds is 18. The molecule has 0 aliphatic heterocycles. The van der Waals surface area contributed by atoms with Crippen molar-refractivity contribution in [2.75, 3.05) is 18.9 Å². The first-order valence-electron chi connectivity index (χ1n) is 17.0. The third-order valence-electron chi connectivity index (χ3n) is 8.80. The summed E-state index contributed by atoms with van der Waals surface area (Å²) in [5, 5.41) is 19.2. The molecule has 3 amide bonds. The molecule has 4 N–H and O–H groups in total. The number of aliphatic hydroxyl groups is 1. The Balaban J connectivity index is 1.58. The summed E-state index contributed by atoms with van der Waals surface area (Å²) in [6.45, 7) is 7.47. The standard InChI is InChI=1S/C36H54N3O7P/c1-5-27(4)33(39-36(43)45-22-28-15-9-6-10-16-28)35(42)38-32(26(2)3)34(41)37-21-31(40)25-47(44,24-30-19-13-8-14-20-30)46-23-29-17-11-7-12-18-29/h6-7,9-12,15-18,26-27,30-33,40H,5,8,13-14,19-25H2,1-4H3,(H,37,41)(H,38,42)(H,39,43). The van der Waals surface area contributed by atoms with Gasteiger partial charge < -0.3 is 30.3 Å². The smallest absolute Gasteiger partial charge is 0.408 e. The summed E-state index contributed by atoms with van der Waals surface area (Å²) in [4.78, 5) is 39.3. The minimum atomic E-state index is -3.22. The van der Waals surface area contributed by atoms with E-state index >= 15 is 0 Å². The van der Waals surface area contributed by atoms with E-state index in [1.54, 1.807) is 13.8 Å². The molecule has 0 radical (unpaired) electrons. The van der Waals surface area contributed by atoms with Gasteiger partial charge in [0.1, 0.15) is 18.7 Å². The Labute approximate surface area is 280 Å². The number of carbonyl (C=O) groups excluding carboxylic acids is 3. The molecule has 3 rings (SSSR count). The van der Waals surface area contributed by atoms with Gasteiger partial charge in [0.2, 0.25) is 19.2 Å². The second kappa shape index (κ2) is 19.6. The highest BCUT2D eigenvalue weighted by Gasteiger charge is 2.34. The number of nitrogens with one attached hydrogen (secondary N) is 3. The molecule has 0 saturated heterocycles. The van der Waals surface area contributed by atoms with E-state index in [1.165, 1.54) is 6.42 Å². The lowest BCUT2D eigenvalue weighted by atomic mass is 9.91. The molecule has 2 aromatic rings. The zero-order valence-electron chi connectivity index (χ0n) is 28.4. The second-order valence-electron chi connectivity index (χ2n) is 13.1. The molecule has 0 spiro atoms. The molecule has 260 valence electrons. The van der Waals surface area contributed by atoms with Crippen molar-refractivity contribution >= 4 is 25.3 Å². The van der Waals surface area contributed by atoms with Gasteiger partial charge in [-0.2, -0.15) is 0 Å². The van der Waals surface area contributed by atoms with Crippen LogP contribution in [0.5, 0.6) is 0 Å². The topological polar surface area (TPSA) is 143 Å². The number of hydrogen-bond acceptors (Lipinski definition) is 7. The van der Waals surface area contributed by atoms with Crippen LogP contribution < -0.4 is 16.0 Å². The number of ether oxygens (including phenoxy) is 1. The maximum absolute atomic E-state index is 14.1. The minimum absolute atomic E-state index is 0.0613. The molecule has 1 fully saturated rings. The van der Waals surface area contributed by atoms with E-state index in [-0.39, 0.29) is 43.7 Å². The van der Waals surface area contributed by atoms with Crippen LogP contribution in [0.25, 0.3) is 0 Å². The van der Waals surface area contributed by atoms with Gasteiger partial charge in [0.25, 0.3) is 0 Å². The summed E-state index contributed by atoms with van der Waals surface area (Å²) in [5.74, 6) is -1.21. The molecule has 1 saturated carbocycles. The molecule has 0 heterocycles. The predicted octanol–water partition coefficient (Wildman–Crippen LogP) is 6.02. The van der Waals surface area contributed by atoms with Crippen LogP contribution in [-0.2, 0) is 36.6 Å². The molecule has 11 heteroatoms. The molecule has 0 bridgehead atoms. The Bertz CT molecular complexity index is 1290. The summed E-state index contributed by atoms with van der Waals surface area (Å²) in [7, 11) is -3.22. The second-order valence-corrected chi connectivity index (χ2v) is 15.8. The van der Waals surface area contributed by atoms with E-state index in [4.69, 9.17) is 9.26 Å². The van der Waals surface area contributed by atoms with E-state index in [1.807, 2.05) is 74.5 Å². The summed E-state index contributed by atoms with van der Waals surface area (Å²) < 4.78 is 25.5. The van der Waals surface area contributed by atoms with E-state index in [2.05, 4.69) is 16.0 Å². The number of amides is 3. The number of carbonyl (C=O) groups is 3. The fourth-order valence-corrected chi connectivity index (χ4v) is 8.46. The monoisotopic (exact) mass is 671 g/mol. The average Bonchev–Trinajstić information content (AvgIpc) is 3.07. The van der Waals surface area contributed by atoms with Gasteiger partial charge in [0.05, 0.1) is 18.9 Å². The van der Waals surface area contributed by atoms with E-state index in [9.17, 15) is 24.1 Å². The van der Waals surface area contributed by atoms with Gasteiger partial charge in [0, 0.05) is 12.7 Å². The molecule has 2 aromatic carbocycles. The van der Waals surface area contributed by atoms with Crippen molar-refractivity contribution in [1.82, 2.24) is 16.0 Å². The van der Waals surface area contributed by atoms with Crippen LogP contribution in [0, 0.1) is 17.8 Å². The Kier molecular flexibility index (Phi) is 15.9. The maximum Gasteiger partial charge on any atom is 0.408 e. The summed E-state index contributed by atoms with van der Waals surface area (Å²) in [5.41, 5.74) is 1.73. The van der Waals surface area contributed by atoms with Crippen LogP contribution in [0.2, 0.25) is 0 Å². The first-order chi connectivity index (χ1) is 22.5. The van der Waals surface area contributed by atoms with Crippen LogP contribution >= 0.6 is 7.37 Å². The Morgan fingerprint density at radius 3 is 2.02 bits per heavy atom. The summed E-state index contributed by atoms with van der Waals surface area (Å²) in [6, 6.07) is 16.9. The molecule has 10 nitrogen and oxygen atoms in total. The van der Waals surface area contributed by atoms with Crippen LogP contribution in [0.15, 0.2) is 60.7 Å². The maximum atomic E-state index is 14.1. The Morgan fingerprint density at radius 1 is 0.851 bits per heavy atom. The SMILES string of the molecule is CCC(C)C(NC(=O)OCc1ccccc1)C(=O)NC(C(=O)NCC(O)CP(=O)(CC1CCCCC1)OCc1ccccc1)C(C)C. The lowest BCUT2D eigenvalue weighted by Crippen LogP contribution is -2.57. The summed E-state index contributed by atoms with van der Waals surface area (Å²) >= 11 is 0. The average molecular weight is 672 g/mol. The normalized spacial score (nSPS) is 17.5. The summed E-state index contributed by atoms with van der Waals surface area (Å²) in [6.07, 6.45) is 4.51. The van der Waals surface area contributed by atoms with E-state index in [0.717, 1.165) is 36.8 Å². The van der Waals surface area contributed by atoms with Gasteiger partial charge in [-0.25, -0.2) is 4.79 Å². The first-order valence-corrected chi connectivity index (χ1v) is 19.0. The van der Waals surface area contributed by atoms with Gasteiger partial charge in [-0.05, 0) is 41.7 Å². The number of hydrogen-bond donors (Lipinski definition) is 4. The zero-order chi connectivity index (χ0) is 34.2. The van der Waals surface area contributed by atoms with Crippen molar-refractivity contribution in [3.8, 4) is 0 Å². The third-order valence-corrected chi connectivity index (χ3v) is 11.4. The van der Waals surface area contributed by atoms with E-state index in [0.29, 0.717) is 12.6 Å². The van der Waals surface area contributed by atoms with Crippen molar-refractivity contribution in [2.45, 2.75) is 97.6 Å². The Morgan fingerprint density at radius 2 is 1.45 bits per heavy atom. The highest BCUT2D eigenvalue weighted by molar-refractivity contribution is 7.59. The van der Waals surface area contributed by atoms with Crippen LogP contribution in [0.4, 0.5) is 4.79 Å². The largest absolute Gasteiger partial charge is 0.445 e. The number of alkyl carbamates (subject to hydrolysis) is 1. The lowest BCUT2D eigenvalue weighted by molar-refractivity contribution is -0.131. The minimum Gasteiger partial charge on any atom is -0.445 e. The van der Waals surface area contributed by atoms with Gasteiger partial charge >= 0.3 is 6.09 Å². The van der Waals surface area contributed by atoms with Gasteiger partial charge in [-0.3, -0.25) is 14.2 Å². The third kappa shape index (κ3) is 13.4. The molecule has 1 aliphatic rings. The molecule has 5 unspecified atom stereocenters. The van der Waals surface area contributed by atoms with Crippen LogP contribution in [0.3, 0.4) is 0 Å². The van der Waals surface area contributed by atoms with Crippen LogP contribution in [0.1, 0.15) is 77.3 Å². The quantitative estimate of drug-likeness (QED) is 0.142. The van der Waals surface area contributed by atoms with Crippen molar-refractivity contribution in [2.24, 2.45) is 17.8 Å². The van der Waals surface area contributed by atoms with Crippen molar-refractivity contribution in [3.63, 3.8) is 0 Å². The van der Waals surface area contributed by atoms with Crippen molar-refractivity contribution in [3.05, 3.63) is 71.8 Å². The lowest BCUT2D eigenvalue weighted by Gasteiger charge is -2.29.